The molecule has 0 amide bonds. The highest BCUT2D eigenvalue weighted by atomic mass is 16.5. The van der Waals surface area contributed by atoms with Crippen molar-refractivity contribution < 1.29 is 9.84 Å². The third-order valence-corrected chi connectivity index (χ3v) is 7.47. The van der Waals surface area contributed by atoms with E-state index in [1.807, 2.05) is 13.8 Å². The molecule has 0 bridgehead atoms. The maximum atomic E-state index is 10.4. The van der Waals surface area contributed by atoms with Crippen molar-refractivity contribution in [3.8, 4) is 11.5 Å². The van der Waals surface area contributed by atoms with Gasteiger partial charge in [-0.05, 0) is 81.9 Å². The summed E-state index contributed by atoms with van der Waals surface area (Å²) in [5.41, 5.74) is 4.25. The van der Waals surface area contributed by atoms with Gasteiger partial charge in [-0.1, -0.05) is 72.1 Å². The van der Waals surface area contributed by atoms with Crippen LogP contribution in [0.3, 0.4) is 0 Å². The maximum Gasteiger partial charge on any atom is 0.127 e. The first-order chi connectivity index (χ1) is 14.1. The molecule has 0 saturated carbocycles. The van der Waals surface area contributed by atoms with Crippen LogP contribution in [0.2, 0.25) is 0 Å². The van der Waals surface area contributed by atoms with Crippen molar-refractivity contribution in [2.75, 3.05) is 0 Å². The first kappa shape index (κ1) is 25.1. The van der Waals surface area contributed by atoms with Crippen LogP contribution in [0.25, 0.3) is 0 Å². The number of phenolic OH excluding ortho intramolecular Hbond substituents is 1. The van der Waals surface area contributed by atoms with Gasteiger partial charge in [-0.2, -0.15) is 0 Å². The minimum atomic E-state index is -0.0570. The predicted octanol–water partition coefficient (Wildman–Crippen LogP) is 8.59. The molecule has 2 rings (SSSR count). The molecular formula is C28H48O2. The van der Waals surface area contributed by atoms with Crippen LogP contribution in [0.15, 0.2) is 0 Å². The summed E-state index contributed by atoms with van der Waals surface area (Å²) in [4.78, 5) is 0. The Hall–Kier alpha value is -1.18. The van der Waals surface area contributed by atoms with Gasteiger partial charge in [0.1, 0.15) is 17.1 Å². The third-order valence-electron chi connectivity index (χ3n) is 7.47. The molecule has 0 spiro atoms. The van der Waals surface area contributed by atoms with Crippen LogP contribution in [-0.4, -0.2) is 10.7 Å². The number of unbranched alkanes of at least 4 members (excludes halogenated alkanes) is 4. The van der Waals surface area contributed by atoms with Gasteiger partial charge < -0.3 is 9.84 Å². The molecule has 1 heterocycles. The van der Waals surface area contributed by atoms with E-state index in [2.05, 4.69) is 34.6 Å². The average molecular weight is 417 g/mol. The highest BCUT2D eigenvalue weighted by Gasteiger charge is 2.34. The lowest BCUT2D eigenvalue weighted by atomic mass is 9.84. The lowest BCUT2D eigenvalue weighted by Gasteiger charge is -2.38. The van der Waals surface area contributed by atoms with E-state index in [1.54, 1.807) is 0 Å². The van der Waals surface area contributed by atoms with Crippen LogP contribution in [0.5, 0.6) is 11.5 Å². The molecule has 2 nitrogen and oxygen atoms in total. The van der Waals surface area contributed by atoms with E-state index in [1.165, 1.54) is 63.4 Å². The van der Waals surface area contributed by atoms with Gasteiger partial charge >= 0.3 is 0 Å². The average Bonchev–Trinajstić information content (AvgIpc) is 2.69. The quantitative estimate of drug-likeness (QED) is 0.346. The van der Waals surface area contributed by atoms with Gasteiger partial charge in [0.25, 0.3) is 0 Å². The Kier molecular flexibility index (Phi) is 9.57. The second-order valence-corrected chi connectivity index (χ2v) is 10.8. The standard InChI is InChI=1S/C28H48O2/c1-20(2)14-13-16-21(3)15-11-9-8-10-12-18-28(7)19-17-25-24(6)26(29)22(4)23(5)27(25)30-28/h20-21,29H,8-19H2,1-7H3/t21-,28+/m0/s1. The zero-order valence-electron chi connectivity index (χ0n) is 21.0. The largest absolute Gasteiger partial charge is 0.507 e. The molecule has 0 radical (unpaired) electrons. The van der Waals surface area contributed by atoms with Gasteiger partial charge in [-0.3, -0.25) is 0 Å². The molecule has 1 aliphatic rings. The van der Waals surface area contributed by atoms with Crippen LogP contribution in [-0.2, 0) is 6.42 Å². The van der Waals surface area contributed by atoms with Gasteiger partial charge in [0.05, 0.1) is 0 Å². The molecule has 0 aromatic heterocycles. The number of fused-ring (bicyclic) bond motifs is 1. The lowest BCUT2D eigenvalue weighted by molar-refractivity contribution is 0.0521. The summed E-state index contributed by atoms with van der Waals surface area (Å²) >= 11 is 0. The van der Waals surface area contributed by atoms with Crippen LogP contribution >= 0.6 is 0 Å². The smallest absolute Gasteiger partial charge is 0.127 e. The number of rotatable bonds is 12. The minimum absolute atomic E-state index is 0.0570. The first-order valence-electron chi connectivity index (χ1n) is 12.6. The van der Waals surface area contributed by atoms with E-state index in [0.29, 0.717) is 5.75 Å². The van der Waals surface area contributed by atoms with Crippen molar-refractivity contribution in [3.05, 3.63) is 22.3 Å². The number of phenols is 1. The summed E-state index contributed by atoms with van der Waals surface area (Å²) in [6.45, 7) is 15.5. The van der Waals surface area contributed by atoms with Crippen molar-refractivity contribution in [1.29, 1.82) is 0 Å². The van der Waals surface area contributed by atoms with Crippen molar-refractivity contribution in [2.45, 2.75) is 131 Å². The summed E-state index contributed by atoms with van der Waals surface area (Å²) in [5.74, 6) is 3.24. The summed E-state index contributed by atoms with van der Waals surface area (Å²) in [7, 11) is 0. The molecule has 1 aromatic rings. The van der Waals surface area contributed by atoms with Gasteiger partial charge in [-0.15, -0.1) is 0 Å². The lowest BCUT2D eigenvalue weighted by Crippen LogP contribution is -2.37. The Morgan fingerprint density at radius 3 is 2.17 bits per heavy atom. The number of aromatic hydroxyl groups is 1. The van der Waals surface area contributed by atoms with E-state index in [0.717, 1.165) is 53.5 Å². The molecule has 0 unspecified atom stereocenters. The first-order valence-corrected chi connectivity index (χ1v) is 12.6. The number of ether oxygens (including phenoxy) is 1. The van der Waals surface area contributed by atoms with Gasteiger partial charge in [-0.25, -0.2) is 0 Å². The topological polar surface area (TPSA) is 29.5 Å². The summed E-state index contributed by atoms with van der Waals surface area (Å²) in [6.07, 6.45) is 15.5. The number of benzene rings is 1. The molecule has 0 aliphatic carbocycles. The molecule has 1 aromatic carbocycles. The SMILES string of the molecule is Cc1c(C)c2c(c(C)c1O)CC[C@@](C)(CCCCCCC[C@H](C)CCCC(C)C)O2. The fourth-order valence-electron chi connectivity index (χ4n) is 5.01. The molecule has 2 atom stereocenters. The van der Waals surface area contributed by atoms with Crippen molar-refractivity contribution in [3.63, 3.8) is 0 Å². The second-order valence-electron chi connectivity index (χ2n) is 10.8. The number of hydrogen-bond donors (Lipinski definition) is 1. The molecule has 172 valence electrons. The van der Waals surface area contributed by atoms with E-state index >= 15 is 0 Å². The zero-order chi connectivity index (χ0) is 22.3. The van der Waals surface area contributed by atoms with E-state index in [9.17, 15) is 5.11 Å². The molecular weight excluding hydrogens is 368 g/mol. The minimum Gasteiger partial charge on any atom is -0.507 e. The highest BCUT2D eigenvalue weighted by molar-refractivity contribution is 5.58. The third kappa shape index (κ3) is 6.92. The second kappa shape index (κ2) is 11.4. The monoisotopic (exact) mass is 416 g/mol. The maximum absolute atomic E-state index is 10.4. The Morgan fingerprint density at radius 2 is 1.47 bits per heavy atom. The van der Waals surface area contributed by atoms with E-state index in [-0.39, 0.29) is 5.60 Å². The van der Waals surface area contributed by atoms with E-state index < -0.39 is 0 Å². The van der Waals surface area contributed by atoms with Crippen molar-refractivity contribution >= 4 is 0 Å². The summed E-state index contributed by atoms with van der Waals surface area (Å²) in [5, 5.41) is 10.4. The predicted molar refractivity (Wildman–Crippen MR) is 130 cm³/mol. The van der Waals surface area contributed by atoms with E-state index in [4.69, 9.17) is 4.74 Å². The highest BCUT2D eigenvalue weighted by Crippen LogP contribution is 2.44. The summed E-state index contributed by atoms with van der Waals surface area (Å²) in [6, 6.07) is 0. The Morgan fingerprint density at radius 1 is 0.833 bits per heavy atom. The van der Waals surface area contributed by atoms with Gasteiger partial charge in [0.15, 0.2) is 0 Å². The van der Waals surface area contributed by atoms with Crippen molar-refractivity contribution in [1.82, 2.24) is 0 Å². The Bertz CT molecular complexity index is 676. The van der Waals surface area contributed by atoms with Crippen LogP contribution in [0.4, 0.5) is 0 Å². The van der Waals surface area contributed by atoms with Crippen LogP contribution in [0.1, 0.15) is 121 Å². The molecule has 30 heavy (non-hydrogen) atoms. The Balaban J connectivity index is 1.68. The van der Waals surface area contributed by atoms with Crippen LogP contribution in [0, 0.1) is 32.6 Å². The normalized spacial score (nSPS) is 19.6. The molecule has 0 fully saturated rings. The number of hydrogen-bond acceptors (Lipinski definition) is 2. The van der Waals surface area contributed by atoms with Crippen LogP contribution < -0.4 is 4.74 Å². The fourth-order valence-corrected chi connectivity index (χ4v) is 5.01. The molecule has 1 aliphatic heterocycles. The van der Waals surface area contributed by atoms with Gasteiger partial charge in [0.2, 0.25) is 0 Å². The molecule has 1 N–H and O–H groups in total. The molecule has 0 saturated heterocycles. The van der Waals surface area contributed by atoms with Gasteiger partial charge in [0, 0.05) is 5.56 Å². The summed E-state index contributed by atoms with van der Waals surface area (Å²) < 4.78 is 6.57. The zero-order valence-corrected chi connectivity index (χ0v) is 21.0. The Labute approximate surface area is 186 Å². The van der Waals surface area contributed by atoms with Crippen molar-refractivity contribution in [2.24, 2.45) is 11.8 Å². The fraction of sp³-hybridized carbons (Fsp3) is 0.786. The molecule has 2 heteroatoms.